The van der Waals surface area contributed by atoms with Crippen LogP contribution in [0.3, 0.4) is 0 Å². The van der Waals surface area contributed by atoms with Crippen molar-refractivity contribution >= 4 is 11.8 Å². The highest BCUT2D eigenvalue weighted by Crippen LogP contribution is 2.41. The van der Waals surface area contributed by atoms with Crippen molar-refractivity contribution < 1.29 is 38.7 Å². The second-order valence-corrected chi connectivity index (χ2v) is 6.37. The summed E-state index contributed by atoms with van der Waals surface area (Å²) in [7, 11) is 2.73. The van der Waals surface area contributed by atoms with E-state index in [1.54, 1.807) is 0 Å². The molecule has 1 aliphatic heterocycles. The van der Waals surface area contributed by atoms with E-state index in [9.17, 15) is 29.4 Å². The molecule has 4 atom stereocenters. The van der Waals surface area contributed by atoms with Crippen LogP contribution in [0.25, 0.3) is 0 Å². The largest absolute Gasteiger partial charge is 0.456 e. The number of ketones is 1. The number of hydrogen-bond acceptors (Lipinski definition) is 10. The van der Waals surface area contributed by atoms with Gasteiger partial charge in [0, 0.05) is 32.9 Å². The van der Waals surface area contributed by atoms with E-state index in [-0.39, 0.29) is 26.1 Å². The van der Waals surface area contributed by atoms with Crippen molar-refractivity contribution in [3.8, 4) is 0 Å². The van der Waals surface area contributed by atoms with Gasteiger partial charge < -0.3 is 29.2 Å². The lowest BCUT2D eigenvalue weighted by Gasteiger charge is -2.32. The van der Waals surface area contributed by atoms with Gasteiger partial charge in [-0.2, -0.15) is 0 Å². The number of aliphatic hydroxyl groups excluding tert-OH is 1. The number of H-pyrrole nitrogens is 1. The summed E-state index contributed by atoms with van der Waals surface area (Å²) in [6, 6.07) is 0.997. The van der Waals surface area contributed by atoms with E-state index in [4.69, 9.17) is 18.9 Å². The zero-order valence-corrected chi connectivity index (χ0v) is 16.0. The quantitative estimate of drug-likeness (QED) is 0.353. The SMILES string of the molecule is COCCC(=O)O[C@@H]1[C@@H](CO)O[C@@H](n2ccc(=O)[nH]c2=O)[C@@]1(O)C(=O)CCOC. The number of nitrogens with zero attached hydrogens (tertiary/aromatic N) is 1. The minimum absolute atomic E-state index is 0.0368. The van der Waals surface area contributed by atoms with Crippen molar-refractivity contribution in [2.75, 3.05) is 34.0 Å². The summed E-state index contributed by atoms with van der Waals surface area (Å²) in [6.07, 6.45) is -3.99. The lowest BCUT2D eigenvalue weighted by molar-refractivity contribution is -0.174. The van der Waals surface area contributed by atoms with Crippen LogP contribution in [0.4, 0.5) is 0 Å². The van der Waals surface area contributed by atoms with Crippen molar-refractivity contribution in [1.82, 2.24) is 9.55 Å². The third kappa shape index (κ3) is 4.79. The zero-order valence-electron chi connectivity index (χ0n) is 16.0. The van der Waals surface area contributed by atoms with Gasteiger partial charge in [0.1, 0.15) is 6.10 Å². The molecule has 12 heteroatoms. The Labute approximate surface area is 165 Å². The average Bonchev–Trinajstić information content (AvgIpc) is 2.97. The topological polar surface area (TPSA) is 166 Å². The maximum Gasteiger partial charge on any atom is 0.330 e. The molecule has 2 heterocycles. The molecule has 1 fully saturated rings. The molecule has 0 aliphatic carbocycles. The molecule has 1 saturated heterocycles. The number of aromatic amines is 1. The highest BCUT2D eigenvalue weighted by atomic mass is 16.6. The number of Topliss-reactive ketones (excluding diaryl/α,β-unsaturated/α-hetero) is 1. The molecule has 0 saturated carbocycles. The Hall–Kier alpha value is -2.38. The molecule has 2 rings (SSSR count). The molecule has 3 N–H and O–H groups in total. The smallest absolute Gasteiger partial charge is 0.330 e. The normalized spacial score (nSPS) is 26.4. The third-order valence-corrected chi connectivity index (χ3v) is 4.48. The first-order valence-electron chi connectivity index (χ1n) is 8.80. The highest BCUT2D eigenvalue weighted by molar-refractivity contribution is 5.89. The van der Waals surface area contributed by atoms with E-state index in [2.05, 4.69) is 0 Å². The Kier molecular flexibility index (Phi) is 7.81. The zero-order chi connectivity index (χ0) is 21.6. The minimum atomic E-state index is -2.52. The number of ether oxygens (including phenoxy) is 4. The number of aliphatic hydroxyl groups is 2. The van der Waals surface area contributed by atoms with E-state index >= 15 is 0 Å². The highest BCUT2D eigenvalue weighted by Gasteiger charge is 2.63. The lowest BCUT2D eigenvalue weighted by Crippen LogP contribution is -2.56. The number of rotatable bonds is 10. The number of hydrogen-bond donors (Lipinski definition) is 3. The first kappa shape index (κ1) is 22.9. The fourth-order valence-electron chi connectivity index (χ4n) is 3.04. The monoisotopic (exact) mass is 416 g/mol. The molecular formula is C17H24N2O10. The fourth-order valence-corrected chi connectivity index (χ4v) is 3.04. The summed E-state index contributed by atoms with van der Waals surface area (Å²) in [4.78, 5) is 50.5. The van der Waals surface area contributed by atoms with Gasteiger partial charge in [-0.05, 0) is 0 Å². The molecule has 0 aromatic carbocycles. The van der Waals surface area contributed by atoms with Crippen LogP contribution in [0, 0.1) is 0 Å². The van der Waals surface area contributed by atoms with Crippen LogP contribution in [-0.4, -0.2) is 83.4 Å². The number of methoxy groups -OCH3 is 2. The molecule has 0 bridgehead atoms. The first-order valence-corrected chi connectivity index (χ1v) is 8.80. The summed E-state index contributed by atoms with van der Waals surface area (Å²) in [5.41, 5.74) is -4.17. The van der Waals surface area contributed by atoms with Gasteiger partial charge in [-0.25, -0.2) is 4.79 Å². The van der Waals surface area contributed by atoms with Gasteiger partial charge in [-0.15, -0.1) is 0 Å². The fraction of sp³-hybridized carbons (Fsp3) is 0.647. The molecular weight excluding hydrogens is 392 g/mol. The summed E-state index contributed by atoms with van der Waals surface area (Å²) < 4.78 is 21.2. The molecule has 29 heavy (non-hydrogen) atoms. The van der Waals surface area contributed by atoms with E-state index < -0.39 is 53.6 Å². The number of carbonyl (C=O) groups excluding carboxylic acids is 2. The molecule has 1 aromatic rings. The van der Waals surface area contributed by atoms with Gasteiger partial charge >= 0.3 is 11.7 Å². The van der Waals surface area contributed by atoms with Crippen LogP contribution in [0.15, 0.2) is 21.9 Å². The maximum absolute atomic E-state index is 12.9. The second-order valence-electron chi connectivity index (χ2n) is 6.37. The predicted molar refractivity (Wildman–Crippen MR) is 95.1 cm³/mol. The van der Waals surface area contributed by atoms with Gasteiger partial charge in [0.05, 0.1) is 26.2 Å². The molecule has 0 spiro atoms. The van der Waals surface area contributed by atoms with Crippen molar-refractivity contribution in [3.63, 3.8) is 0 Å². The third-order valence-electron chi connectivity index (χ3n) is 4.48. The summed E-state index contributed by atoms with van der Waals surface area (Å²) >= 11 is 0. The summed E-state index contributed by atoms with van der Waals surface area (Å²) in [5.74, 6) is -1.63. The van der Waals surface area contributed by atoms with Crippen molar-refractivity contribution in [2.24, 2.45) is 0 Å². The minimum Gasteiger partial charge on any atom is -0.456 e. The Morgan fingerprint density at radius 1 is 1.24 bits per heavy atom. The van der Waals surface area contributed by atoms with E-state index in [1.807, 2.05) is 4.98 Å². The molecule has 0 unspecified atom stereocenters. The summed E-state index contributed by atoms with van der Waals surface area (Å²) in [6.45, 7) is -0.728. The number of esters is 1. The van der Waals surface area contributed by atoms with Gasteiger partial charge in [0.15, 0.2) is 18.1 Å². The van der Waals surface area contributed by atoms with Crippen LogP contribution in [0.1, 0.15) is 19.1 Å². The first-order chi connectivity index (χ1) is 13.8. The van der Waals surface area contributed by atoms with Crippen LogP contribution in [-0.2, 0) is 28.5 Å². The Morgan fingerprint density at radius 3 is 2.48 bits per heavy atom. The molecule has 162 valence electrons. The number of carbonyl (C=O) groups is 2. The maximum atomic E-state index is 12.9. The van der Waals surface area contributed by atoms with E-state index in [1.165, 1.54) is 14.2 Å². The van der Waals surface area contributed by atoms with Crippen LogP contribution in [0.5, 0.6) is 0 Å². The van der Waals surface area contributed by atoms with Crippen LogP contribution >= 0.6 is 0 Å². The van der Waals surface area contributed by atoms with Gasteiger partial charge in [-0.1, -0.05) is 0 Å². The molecule has 0 radical (unpaired) electrons. The van der Waals surface area contributed by atoms with Gasteiger partial charge in [0.2, 0.25) is 5.60 Å². The van der Waals surface area contributed by atoms with Crippen LogP contribution < -0.4 is 11.2 Å². The average molecular weight is 416 g/mol. The van der Waals surface area contributed by atoms with Crippen LogP contribution in [0.2, 0.25) is 0 Å². The van der Waals surface area contributed by atoms with Crippen molar-refractivity contribution in [3.05, 3.63) is 33.1 Å². The molecule has 0 amide bonds. The summed E-state index contributed by atoms with van der Waals surface area (Å²) in [5, 5.41) is 21.0. The van der Waals surface area contributed by atoms with Crippen molar-refractivity contribution in [1.29, 1.82) is 0 Å². The Morgan fingerprint density at radius 2 is 1.90 bits per heavy atom. The van der Waals surface area contributed by atoms with E-state index in [0.717, 1.165) is 16.8 Å². The predicted octanol–water partition coefficient (Wildman–Crippen LogP) is -2.29. The molecule has 12 nitrogen and oxygen atoms in total. The van der Waals surface area contributed by atoms with E-state index in [0.29, 0.717) is 0 Å². The van der Waals surface area contributed by atoms with Gasteiger partial charge in [0.25, 0.3) is 5.56 Å². The Balaban J connectivity index is 2.48. The second kappa shape index (κ2) is 9.89. The molecule has 1 aromatic heterocycles. The standard InChI is InChI=1S/C17H24N2O10/c1-26-7-4-11(21)17(25)14(29-13(23)5-8-27-2)10(9-20)28-15(17)19-6-3-12(22)18-16(19)24/h3,6,10,14-15,20,25H,4-5,7-9H2,1-2H3,(H,18,22,24)/t10-,14-,15-,17-/m1/s1. The molecule has 1 aliphatic rings. The van der Waals surface area contributed by atoms with Crippen molar-refractivity contribution in [2.45, 2.75) is 36.9 Å². The lowest BCUT2D eigenvalue weighted by atomic mass is 9.87. The van der Waals surface area contributed by atoms with Gasteiger partial charge in [-0.3, -0.25) is 23.9 Å². The Bertz CT molecular complexity index is 834. The number of nitrogens with one attached hydrogen (secondary N) is 1. The number of aromatic nitrogens is 2.